The van der Waals surface area contributed by atoms with Gasteiger partial charge >= 0.3 is 0 Å². The van der Waals surface area contributed by atoms with Gasteiger partial charge in [0, 0.05) is 23.8 Å². The van der Waals surface area contributed by atoms with E-state index in [2.05, 4.69) is 39.9 Å². The molecule has 30 heavy (non-hydrogen) atoms. The number of methoxy groups -OCH3 is 1. The fourth-order valence-electron chi connectivity index (χ4n) is 3.88. The first kappa shape index (κ1) is 18.4. The maximum atomic E-state index is 5.94. The molecule has 0 bridgehead atoms. The van der Waals surface area contributed by atoms with Crippen LogP contribution in [0, 0.1) is 0 Å². The Labute approximate surface area is 175 Å². The Morgan fingerprint density at radius 1 is 1.03 bits per heavy atom. The number of hydrogen-bond acceptors (Lipinski definition) is 6. The van der Waals surface area contributed by atoms with Crippen LogP contribution in [0.15, 0.2) is 60.8 Å². The highest BCUT2D eigenvalue weighted by molar-refractivity contribution is 5.85. The summed E-state index contributed by atoms with van der Waals surface area (Å²) in [6, 6.07) is 18.2. The fourth-order valence-corrected chi connectivity index (χ4v) is 3.88. The Morgan fingerprint density at radius 2 is 1.93 bits per heavy atom. The zero-order chi connectivity index (χ0) is 20.5. The van der Waals surface area contributed by atoms with E-state index >= 15 is 0 Å². The predicted molar refractivity (Wildman–Crippen MR) is 121 cm³/mol. The summed E-state index contributed by atoms with van der Waals surface area (Å²) < 4.78 is 5.61. The number of nitrogens with one attached hydrogen (secondary N) is 2. The molecule has 4 N–H and O–H groups in total. The van der Waals surface area contributed by atoms with Crippen LogP contribution in [0.2, 0.25) is 0 Å². The van der Waals surface area contributed by atoms with E-state index in [1.54, 1.807) is 7.11 Å². The van der Waals surface area contributed by atoms with Crippen molar-refractivity contribution in [3.63, 3.8) is 0 Å². The van der Waals surface area contributed by atoms with Gasteiger partial charge in [0.25, 0.3) is 0 Å². The number of hydrogen-bond donors (Lipinski definition) is 3. The standard InChI is InChI=1S/C24H23N5O/c1-30-23-12-17-7-8-26-13-19(17)11-22(23)29-24-27-14-18-6-5-16(10-21(18)28-24)15-3-2-4-20(25)9-15/h2-6,9-12,14,26H,7-8,13,25H2,1H3,(H,27,28,29). The van der Waals surface area contributed by atoms with Crippen molar-refractivity contribution in [3.8, 4) is 16.9 Å². The lowest BCUT2D eigenvalue weighted by Gasteiger charge is -2.20. The normalized spacial score (nSPS) is 13.1. The van der Waals surface area contributed by atoms with E-state index in [1.807, 2.05) is 36.5 Å². The maximum absolute atomic E-state index is 5.94. The Bertz CT molecular complexity index is 1240. The first-order chi connectivity index (χ1) is 14.7. The van der Waals surface area contributed by atoms with Gasteiger partial charge in [0.2, 0.25) is 5.95 Å². The van der Waals surface area contributed by atoms with Gasteiger partial charge in [-0.3, -0.25) is 0 Å². The van der Waals surface area contributed by atoms with Gasteiger partial charge < -0.3 is 21.1 Å². The highest BCUT2D eigenvalue weighted by atomic mass is 16.5. The van der Waals surface area contributed by atoms with Crippen LogP contribution in [-0.4, -0.2) is 23.6 Å². The molecule has 0 aliphatic carbocycles. The molecule has 0 atom stereocenters. The highest BCUT2D eigenvalue weighted by Gasteiger charge is 2.14. The van der Waals surface area contributed by atoms with Crippen molar-refractivity contribution in [1.29, 1.82) is 0 Å². The number of nitrogen functional groups attached to an aromatic ring is 1. The predicted octanol–water partition coefficient (Wildman–Crippen LogP) is 4.28. The van der Waals surface area contributed by atoms with Gasteiger partial charge in [-0.1, -0.05) is 24.3 Å². The Balaban J connectivity index is 1.50. The first-order valence-corrected chi connectivity index (χ1v) is 10.00. The number of rotatable bonds is 4. The van der Waals surface area contributed by atoms with E-state index in [1.165, 1.54) is 11.1 Å². The molecule has 0 fully saturated rings. The molecule has 0 saturated carbocycles. The van der Waals surface area contributed by atoms with Gasteiger partial charge in [0.05, 0.1) is 18.3 Å². The first-order valence-electron chi connectivity index (χ1n) is 10.00. The molecule has 1 aliphatic rings. The molecule has 0 saturated heterocycles. The van der Waals surface area contributed by atoms with Crippen LogP contribution >= 0.6 is 0 Å². The number of fused-ring (bicyclic) bond motifs is 2. The summed E-state index contributed by atoms with van der Waals surface area (Å²) in [5.41, 5.74) is 13.1. The third kappa shape index (κ3) is 3.53. The van der Waals surface area contributed by atoms with Crippen molar-refractivity contribution in [2.45, 2.75) is 13.0 Å². The van der Waals surface area contributed by atoms with Crippen LogP contribution in [0.5, 0.6) is 5.75 Å². The number of aromatic nitrogens is 2. The second-order valence-corrected chi connectivity index (χ2v) is 7.47. The second kappa shape index (κ2) is 7.65. The van der Waals surface area contributed by atoms with Crippen LogP contribution < -0.4 is 21.1 Å². The minimum atomic E-state index is 0.536. The minimum Gasteiger partial charge on any atom is -0.495 e. The van der Waals surface area contributed by atoms with Gasteiger partial charge in [-0.15, -0.1) is 0 Å². The third-order valence-electron chi connectivity index (χ3n) is 5.46. The van der Waals surface area contributed by atoms with Crippen molar-refractivity contribution in [1.82, 2.24) is 15.3 Å². The summed E-state index contributed by atoms with van der Waals surface area (Å²) in [7, 11) is 1.69. The molecule has 0 radical (unpaired) electrons. The van der Waals surface area contributed by atoms with Crippen LogP contribution in [0.25, 0.3) is 22.0 Å². The Hall–Kier alpha value is -3.64. The maximum Gasteiger partial charge on any atom is 0.227 e. The zero-order valence-corrected chi connectivity index (χ0v) is 16.8. The average Bonchev–Trinajstić information content (AvgIpc) is 2.78. The minimum absolute atomic E-state index is 0.536. The van der Waals surface area contributed by atoms with Crippen LogP contribution in [-0.2, 0) is 13.0 Å². The number of anilines is 3. The van der Waals surface area contributed by atoms with E-state index < -0.39 is 0 Å². The molecule has 1 aromatic heterocycles. The lowest BCUT2D eigenvalue weighted by molar-refractivity contribution is 0.415. The molecule has 0 unspecified atom stereocenters. The zero-order valence-electron chi connectivity index (χ0n) is 16.8. The van der Waals surface area contributed by atoms with E-state index in [4.69, 9.17) is 15.5 Å². The summed E-state index contributed by atoms with van der Waals surface area (Å²) in [5.74, 6) is 1.34. The van der Waals surface area contributed by atoms with Crippen LogP contribution in [0.3, 0.4) is 0 Å². The van der Waals surface area contributed by atoms with Gasteiger partial charge in [0.1, 0.15) is 5.75 Å². The molecule has 6 nitrogen and oxygen atoms in total. The summed E-state index contributed by atoms with van der Waals surface area (Å²) in [4.78, 5) is 9.23. The molecule has 0 spiro atoms. The number of benzene rings is 3. The van der Waals surface area contributed by atoms with Crippen molar-refractivity contribution < 1.29 is 4.74 Å². The SMILES string of the molecule is COc1cc2c(cc1Nc1ncc3ccc(-c4cccc(N)c4)cc3n1)CNCC2. The van der Waals surface area contributed by atoms with E-state index in [0.717, 1.165) is 58.7 Å². The van der Waals surface area contributed by atoms with E-state index in [-0.39, 0.29) is 0 Å². The average molecular weight is 397 g/mol. The molecule has 5 rings (SSSR count). The highest BCUT2D eigenvalue weighted by Crippen LogP contribution is 2.32. The molecule has 2 heterocycles. The number of nitrogens with two attached hydrogens (primary N) is 1. The monoisotopic (exact) mass is 397 g/mol. The molecule has 1 aliphatic heterocycles. The molecule has 6 heteroatoms. The fraction of sp³-hybridized carbons (Fsp3) is 0.167. The van der Waals surface area contributed by atoms with Crippen LogP contribution in [0.1, 0.15) is 11.1 Å². The molecule has 3 aromatic carbocycles. The Morgan fingerprint density at radius 3 is 2.80 bits per heavy atom. The summed E-state index contributed by atoms with van der Waals surface area (Å²) in [5, 5.41) is 7.73. The third-order valence-corrected chi connectivity index (χ3v) is 5.46. The van der Waals surface area contributed by atoms with Crippen molar-refractivity contribution in [3.05, 3.63) is 71.9 Å². The summed E-state index contributed by atoms with van der Waals surface area (Å²) in [6.45, 7) is 1.85. The molecular weight excluding hydrogens is 374 g/mol. The topological polar surface area (TPSA) is 85.1 Å². The number of ether oxygens (including phenoxy) is 1. The van der Waals surface area contributed by atoms with E-state index in [9.17, 15) is 0 Å². The number of nitrogens with zero attached hydrogens (tertiary/aromatic N) is 2. The summed E-state index contributed by atoms with van der Waals surface area (Å²) >= 11 is 0. The smallest absolute Gasteiger partial charge is 0.227 e. The van der Waals surface area contributed by atoms with Crippen molar-refractivity contribution in [2.75, 3.05) is 24.7 Å². The van der Waals surface area contributed by atoms with Crippen molar-refractivity contribution >= 4 is 28.2 Å². The van der Waals surface area contributed by atoms with Gasteiger partial charge in [-0.25, -0.2) is 9.97 Å². The van der Waals surface area contributed by atoms with Gasteiger partial charge in [-0.2, -0.15) is 0 Å². The Kier molecular flexibility index (Phi) is 4.69. The lowest BCUT2D eigenvalue weighted by atomic mass is 10.00. The van der Waals surface area contributed by atoms with Crippen molar-refractivity contribution in [2.24, 2.45) is 0 Å². The van der Waals surface area contributed by atoms with E-state index in [0.29, 0.717) is 5.95 Å². The lowest BCUT2D eigenvalue weighted by Crippen LogP contribution is -2.23. The summed E-state index contributed by atoms with van der Waals surface area (Å²) in [6.07, 6.45) is 2.84. The molecule has 4 aromatic rings. The molecular formula is C24H23N5O. The largest absolute Gasteiger partial charge is 0.495 e. The molecule has 150 valence electrons. The quantitative estimate of drug-likeness (QED) is 0.446. The van der Waals surface area contributed by atoms with Gasteiger partial charge in [-0.05, 0) is 65.6 Å². The second-order valence-electron chi connectivity index (χ2n) is 7.47. The molecule has 0 amide bonds. The van der Waals surface area contributed by atoms with Crippen LogP contribution in [0.4, 0.5) is 17.3 Å². The van der Waals surface area contributed by atoms with Gasteiger partial charge in [0.15, 0.2) is 0 Å².